The van der Waals surface area contributed by atoms with Crippen LogP contribution in [0.1, 0.15) is 22.3 Å². The first-order valence-electron chi connectivity index (χ1n) is 10.7. The van der Waals surface area contributed by atoms with Crippen molar-refractivity contribution in [1.82, 2.24) is 9.29 Å². The van der Waals surface area contributed by atoms with Crippen molar-refractivity contribution in [1.29, 1.82) is 0 Å². The molecule has 0 saturated carbocycles. The smallest absolute Gasteiger partial charge is 0.252 e. The second-order valence-electron chi connectivity index (χ2n) is 8.19. The van der Waals surface area contributed by atoms with Gasteiger partial charge >= 0.3 is 0 Å². The van der Waals surface area contributed by atoms with Crippen LogP contribution in [0.4, 0.5) is 0 Å². The van der Waals surface area contributed by atoms with Gasteiger partial charge in [0, 0.05) is 29.1 Å². The van der Waals surface area contributed by atoms with E-state index in [1.807, 2.05) is 26.0 Å². The zero-order valence-electron chi connectivity index (χ0n) is 19.1. The number of pyridine rings is 1. The summed E-state index contributed by atoms with van der Waals surface area (Å²) in [5, 5.41) is 1.33. The van der Waals surface area contributed by atoms with Crippen LogP contribution in [0.3, 0.4) is 0 Å². The van der Waals surface area contributed by atoms with Crippen molar-refractivity contribution in [3.05, 3.63) is 104 Å². The summed E-state index contributed by atoms with van der Waals surface area (Å²) in [5.74, 6) is 0.674. The Hall–Kier alpha value is -3.13. The molecule has 8 heteroatoms. The molecule has 3 aromatic carbocycles. The van der Waals surface area contributed by atoms with Crippen LogP contribution in [0.5, 0.6) is 5.75 Å². The molecule has 1 aromatic heterocycles. The van der Waals surface area contributed by atoms with E-state index in [1.165, 1.54) is 28.6 Å². The summed E-state index contributed by atoms with van der Waals surface area (Å²) < 4.78 is 33.7. The summed E-state index contributed by atoms with van der Waals surface area (Å²) in [6.45, 7) is 3.89. The molecule has 176 valence electrons. The zero-order chi connectivity index (χ0) is 24.5. The number of aryl methyl sites for hydroxylation is 2. The van der Waals surface area contributed by atoms with Gasteiger partial charge in [0.1, 0.15) is 5.75 Å². The largest absolute Gasteiger partial charge is 0.497 e. The minimum atomic E-state index is -3.93. The summed E-state index contributed by atoms with van der Waals surface area (Å²) >= 11 is 5.97. The molecule has 0 atom stereocenters. The van der Waals surface area contributed by atoms with Crippen LogP contribution >= 0.6 is 11.6 Å². The van der Waals surface area contributed by atoms with E-state index < -0.39 is 10.0 Å². The predicted octanol–water partition coefficient (Wildman–Crippen LogP) is 5.20. The van der Waals surface area contributed by atoms with E-state index in [0.717, 1.165) is 27.6 Å². The maximum Gasteiger partial charge on any atom is 0.252 e. The fraction of sp³-hybridized carbons (Fsp3) is 0.192. The third-order valence-electron chi connectivity index (χ3n) is 5.84. The fourth-order valence-corrected chi connectivity index (χ4v) is 5.37. The molecule has 1 N–H and O–H groups in total. The monoisotopic (exact) mass is 496 g/mol. The van der Waals surface area contributed by atoms with E-state index in [2.05, 4.69) is 4.98 Å². The second-order valence-corrected chi connectivity index (χ2v) is 10.6. The van der Waals surface area contributed by atoms with Crippen molar-refractivity contribution >= 4 is 32.5 Å². The Morgan fingerprint density at radius 3 is 2.21 bits per heavy atom. The van der Waals surface area contributed by atoms with Crippen molar-refractivity contribution < 1.29 is 13.2 Å². The van der Waals surface area contributed by atoms with Crippen LogP contribution in [0.25, 0.3) is 10.9 Å². The Bertz CT molecular complexity index is 1500. The van der Waals surface area contributed by atoms with E-state index in [9.17, 15) is 13.2 Å². The molecule has 0 aliphatic heterocycles. The van der Waals surface area contributed by atoms with Crippen LogP contribution in [-0.2, 0) is 23.1 Å². The highest BCUT2D eigenvalue weighted by atomic mass is 35.5. The molecular formula is C26H25ClN2O4S. The number of aromatic amines is 1. The molecule has 0 unspecified atom stereocenters. The van der Waals surface area contributed by atoms with Gasteiger partial charge < -0.3 is 9.72 Å². The minimum Gasteiger partial charge on any atom is -0.497 e. The number of halogens is 1. The minimum absolute atomic E-state index is 0.0826. The summed E-state index contributed by atoms with van der Waals surface area (Å²) in [7, 11) is -2.36. The summed E-state index contributed by atoms with van der Waals surface area (Å²) in [4.78, 5) is 16.0. The van der Waals surface area contributed by atoms with Crippen LogP contribution in [-0.4, -0.2) is 24.8 Å². The lowest BCUT2D eigenvalue weighted by atomic mass is 10.0. The van der Waals surface area contributed by atoms with Crippen molar-refractivity contribution in [2.75, 3.05) is 7.11 Å². The molecular weight excluding hydrogens is 472 g/mol. The Labute approximate surface area is 203 Å². The van der Waals surface area contributed by atoms with E-state index in [0.29, 0.717) is 16.3 Å². The number of ether oxygens (including phenoxy) is 1. The van der Waals surface area contributed by atoms with Crippen molar-refractivity contribution in [2.45, 2.75) is 31.8 Å². The van der Waals surface area contributed by atoms with Gasteiger partial charge in [-0.2, -0.15) is 4.31 Å². The first kappa shape index (κ1) is 24.0. The molecule has 0 amide bonds. The first-order chi connectivity index (χ1) is 16.2. The van der Waals surface area contributed by atoms with Crippen LogP contribution in [0.2, 0.25) is 5.02 Å². The number of H-pyrrole nitrogens is 1. The molecule has 0 aliphatic carbocycles. The lowest BCUT2D eigenvalue weighted by molar-refractivity contribution is 0.398. The number of rotatable bonds is 7. The third kappa shape index (κ3) is 4.87. The summed E-state index contributed by atoms with van der Waals surface area (Å²) in [6, 6.07) is 18.9. The van der Waals surface area contributed by atoms with E-state index in [-0.39, 0.29) is 23.5 Å². The number of benzene rings is 3. The summed E-state index contributed by atoms with van der Waals surface area (Å²) in [6.07, 6.45) is 0. The van der Waals surface area contributed by atoms with Gasteiger partial charge in [-0.3, -0.25) is 4.79 Å². The molecule has 4 aromatic rings. The quantitative estimate of drug-likeness (QED) is 0.381. The Kier molecular flexibility index (Phi) is 6.79. The van der Waals surface area contributed by atoms with Gasteiger partial charge in [0.15, 0.2) is 0 Å². The standard InChI is InChI=1S/C26H25ClN2O4S/c1-17-4-5-18(2)25-24(17)14-20(26(30)28-25)16-29(15-19-6-10-22(33-3)11-7-19)34(31,32)23-12-8-21(27)9-13-23/h4-14H,15-16H2,1-3H3,(H,28,30). The molecule has 34 heavy (non-hydrogen) atoms. The van der Waals surface area contributed by atoms with E-state index in [1.54, 1.807) is 37.4 Å². The highest BCUT2D eigenvalue weighted by Crippen LogP contribution is 2.25. The van der Waals surface area contributed by atoms with Crippen molar-refractivity contribution in [3.63, 3.8) is 0 Å². The van der Waals surface area contributed by atoms with Crippen molar-refractivity contribution in [2.24, 2.45) is 0 Å². The van der Waals surface area contributed by atoms with Gasteiger partial charge in [0.25, 0.3) is 5.56 Å². The molecule has 1 heterocycles. The highest BCUT2D eigenvalue weighted by molar-refractivity contribution is 7.89. The molecule has 0 saturated heterocycles. The highest BCUT2D eigenvalue weighted by Gasteiger charge is 2.26. The lowest BCUT2D eigenvalue weighted by Gasteiger charge is -2.23. The average molecular weight is 497 g/mol. The molecule has 0 aliphatic rings. The van der Waals surface area contributed by atoms with Gasteiger partial charge in [-0.15, -0.1) is 0 Å². The number of sulfonamides is 1. The molecule has 0 spiro atoms. The van der Waals surface area contributed by atoms with Gasteiger partial charge in [-0.05, 0) is 73.0 Å². The predicted molar refractivity (Wildman–Crippen MR) is 135 cm³/mol. The number of methoxy groups -OCH3 is 1. The lowest BCUT2D eigenvalue weighted by Crippen LogP contribution is -2.32. The molecule has 0 bridgehead atoms. The molecule has 0 fully saturated rings. The van der Waals surface area contributed by atoms with Gasteiger partial charge in [0.05, 0.1) is 17.5 Å². The van der Waals surface area contributed by atoms with Gasteiger partial charge in [0.2, 0.25) is 10.0 Å². The topological polar surface area (TPSA) is 79.5 Å². The second kappa shape index (κ2) is 9.62. The normalized spacial score (nSPS) is 11.8. The number of fused-ring (bicyclic) bond motifs is 1. The number of nitrogens with zero attached hydrogens (tertiary/aromatic N) is 1. The van der Waals surface area contributed by atoms with Crippen molar-refractivity contribution in [3.8, 4) is 5.75 Å². The Morgan fingerprint density at radius 2 is 1.56 bits per heavy atom. The van der Waals surface area contributed by atoms with Gasteiger partial charge in [-0.1, -0.05) is 35.9 Å². The molecule has 6 nitrogen and oxygen atoms in total. The number of hydrogen-bond donors (Lipinski definition) is 1. The average Bonchev–Trinajstić information content (AvgIpc) is 2.82. The maximum absolute atomic E-state index is 13.6. The molecule has 4 rings (SSSR count). The van der Waals surface area contributed by atoms with E-state index in [4.69, 9.17) is 16.3 Å². The van der Waals surface area contributed by atoms with Crippen LogP contribution < -0.4 is 10.3 Å². The number of hydrogen-bond acceptors (Lipinski definition) is 4. The first-order valence-corrected chi connectivity index (χ1v) is 12.5. The number of aromatic nitrogens is 1. The fourth-order valence-electron chi connectivity index (χ4n) is 3.84. The summed E-state index contributed by atoms with van der Waals surface area (Å²) in [5.41, 5.74) is 3.53. The van der Waals surface area contributed by atoms with Crippen LogP contribution in [0, 0.1) is 13.8 Å². The van der Waals surface area contributed by atoms with E-state index >= 15 is 0 Å². The van der Waals surface area contributed by atoms with Crippen LogP contribution in [0.15, 0.2) is 76.4 Å². The number of nitrogens with one attached hydrogen (secondary N) is 1. The third-order valence-corrected chi connectivity index (χ3v) is 7.89. The molecule has 0 radical (unpaired) electrons. The maximum atomic E-state index is 13.6. The Balaban J connectivity index is 1.79. The SMILES string of the molecule is COc1ccc(CN(Cc2cc3c(C)ccc(C)c3[nH]c2=O)S(=O)(=O)c2ccc(Cl)cc2)cc1. The van der Waals surface area contributed by atoms with Gasteiger partial charge in [-0.25, -0.2) is 8.42 Å². The Morgan fingerprint density at radius 1 is 0.912 bits per heavy atom. The zero-order valence-corrected chi connectivity index (χ0v) is 20.7.